The van der Waals surface area contributed by atoms with E-state index in [1.807, 2.05) is 0 Å². The quantitative estimate of drug-likeness (QED) is 0.637. The van der Waals surface area contributed by atoms with Gasteiger partial charge in [-0.1, -0.05) is 45.0 Å². The van der Waals surface area contributed by atoms with Gasteiger partial charge in [-0.3, -0.25) is 0 Å². The van der Waals surface area contributed by atoms with E-state index in [2.05, 4.69) is 45.0 Å². The van der Waals surface area contributed by atoms with Gasteiger partial charge >= 0.3 is 0 Å². The number of aryl methyl sites for hydroxylation is 1. The highest BCUT2D eigenvalue weighted by Crippen LogP contribution is 2.10. The molecular formula is C12H17. The lowest BCUT2D eigenvalue weighted by Crippen LogP contribution is -1.91. The fourth-order valence-corrected chi connectivity index (χ4v) is 1.30. The molecule has 0 saturated carbocycles. The summed E-state index contributed by atoms with van der Waals surface area (Å²) in [6.07, 6.45) is 2.25. The van der Waals surface area contributed by atoms with Gasteiger partial charge in [0.1, 0.15) is 0 Å². The summed E-state index contributed by atoms with van der Waals surface area (Å²) in [7, 11) is 0. The first-order chi connectivity index (χ1) is 5.72. The molecule has 0 heteroatoms. The zero-order valence-corrected chi connectivity index (χ0v) is 8.22. The molecule has 0 aliphatic carbocycles. The van der Waals surface area contributed by atoms with Crippen molar-refractivity contribution in [1.29, 1.82) is 0 Å². The summed E-state index contributed by atoms with van der Waals surface area (Å²) in [4.78, 5) is 0. The molecule has 12 heavy (non-hydrogen) atoms. The van der Waals surface area contributed by atoms with Crippen LogP contribution in [0.2, 0.25) is 0 Å². The highest BCUT2D eigenvalue weighted by Gasteiger charge is 1.97. The van der Waals surface area contributed by atoms with E-state index in [9.17, 15) is 0 Å². The Morgan fingerprint density at radius 2 is 1.50 bits per heavy atom. The Labute approximate surface area is 75.6 Å². The van der Waals surface area contributed by atoms with Crippen LogP contribution in [0.1, 0.15) is 31.9 Å². The molecule has 0 unspecified atom stereocenters. The average Bonchev–Trinajstić information content (AvgIpc) is 2.05. The van der Waals surface area contributed by atoms with Crippen LogP contribution in [0.5, 0.6) is 0 Å². The van der Waals surface area contributed by atoms with Crippen molar-refractivity contribution in [2.75, 3.05) is 0 Å². The highest BCUT2D eigenvalue weighted by atomic mass is 14.0. The molecule has 0 amide bonds. The van der Waals surface area contributed by atoms with Gasteiger partial charge in [-0.2, -0.15) is 0 Å². The Hall–Kier alpha value is -0.780. The second-order valence-electron chi connectivity index (χ2n) is 3.55. The number of benzene rings is 1. The smallest absolute Gasteiger partial charge is 0.0222 e. The molecule has 0 fully saturated rings. The first-order valence-electron chi connectivity index (χ1n) is 4.59. The van der Waals surface area contributed by atoms with Crippen LogP contribution < -0.4 is 0 Å². The normalized spacial score (nSPS) is 10.7. The Balaban J connectivity index is 2.65. The van der Waals surface area contributed by atoms with Gasteiger partial charge < -0.3 is 0 Å². The van der Waals surface area contributed by atoms with Crippen molar-refractivity contribution < 1.29 is 0 Å². The van der Waals surface area contributed by atoms with Crippen molar-refractivity contribution in [3.8, 4) is 0 Å². The van der Waals surface area contributed by atoms with Crippen LogP contribution in [-0.4, -0.2) is 0 Å². The van der Waals surface area contributed by atoms with E-state index in [4.69, 9.17) is 0 Å². The standard InChI is InChI=1S/C12H17/c1-4-11-5-7-12(8-6-11)9-10(2)3/h5-8H,4,9H2,1-3H3. The maximum atomic E-state index is 2.23. The molecule has 0 saturated heterocycles. The minimum Gasteiger partial charge on any atom is -0.0613 e. The number of rotatable bonds is 3. The lowest BCUT2D eigenvalue weighted by atomic mass is 10.0. The Kier molecular flexibility index (Phi) is 3.33. The van der Waals surface area contributed by atoms with Crippen molar-refractivity contribution in [2.45, 2.75) is 33.6 Å². The van der Waals surface area contributed by atoms with E-state index in [1.165, 1.54) is 17.0 Å². The van der Waals surface area contributed by atoms with Crippen LogP contribution in [0, 0.1) is 5.92 Å². The second-order valence-corrected chi connectivity index (χ2v) is 3.55. The van der Waals surface area contributed by atoms with Gasteiger partial charge in [0.05, 0.1) is 0 Å². The third kappa shape index (κ3) is 2.69. The van der Waals surface area contributed by atoms with Crippen LogP contribution in [0.3, 0.4) is 0 Å². The van der Waals surface area contributed by atoms with Gasteiger partial charge in [-0.15, -0.1) is 0 Å². The molecular weight excluding hydrogens is 144 g/mol. The summed E-state index contributed by atoms with van der Waals surface area (Å²) in [5, 5.41) is 0. The Bertz CT molecular complexity index is 218. The minimum absolute atomic E-state index is 1.12. The number of hydrogen-bond acceptors (Lipinski definition) is 0. The Morgan fingerprint density at radius 3 is 1.92 bits per heavy atom. The van der Waals surface area contributed by atoms with E-state index in [0.717, 1.165) is 12.8 Å². The monoisotopic (exact) mass is 161 g/mol. The van der Waals surface area contributed by atoms with Crippen LogP contribution in [0.25, 0.3) is 0 Å². The van der Waals surface area contributed by atoms with E-state index >= 15 is 0 Å². The molecule has 0 N–H and O–H groups in total. The predicted octanol–water partition coefficient (Wildman–Crippen LogP) is 3.41. The van der Waals surface area contributed by atoms with Crippen molar-refractivity contribution in [2.24, 2.45) is 0 Å². The number of hydrogen-bond donors (Lipinski definition) is 0. The SMILES string of the molecule is CCc1ccc(C[C](C)C)cc1. The zero-order chi connectivity index (χ0) is 8.97. The molecule has 0 aliphatic heterocycles. The molecule has 0 spiro atoms. The van der Waals surface area contributed by atoms with Gasteiger partial charge in [0.2, 0.25) is 0 Å². The van der Waals surface area contributed by atoms with Gasteiger partial charge in [0.15, 0.2) is 0 Å². The molecule has 0 aromatic heterocycles. The molecule has 0 heterocycles. The lowest BCUT2D eigenvalue weighted by molar-refractivity contribution is 0.954. The average molecular weight is 161 g/mol. The second kappa shape index (κ2) is 4.30. The zero-order valence-electron chi connectivity index (χ0n) is 8.22. The fourth-order valence-electron chi connectivity index (χ4n) is 1.30. The van der Waals surface area contributed by atoms with Gasteiger partial charge in [-0.05, 0) is 29.9 Å². The van der Waals surface area contributed by atoms with E-state index in [1.54, 1.807) is 0 Å². The predicted molar refractivity (Wildman–Crippen MR) is 54.1 cm³/mol. The summed E-state index contributed by atoms with van der Waals surface area (Å²) in [5.74, 6) is 1.47. The summed E-state index contributed by atoms with van der Waals surface area (Å²) >= 11 is 0. The third-order valence-electron chi connectivity index (χ3n) is 1.99. The topological polar surface area (TPSA) is 0 Å². The maximum absolute atomic E-state index is 2.23. The largest absolute Gasteiger partial charge is 0.0613 e. The van der Waals surface area contributed by atoms with Crippen LogP contribution in [0.4, 0.5) is 0 Å². The van der Waals surface area contributed by atoms with Crippen molar-refractivity contribution in [3.05, 3.63) is 41.3 Å². The molecule has 1 radical (unpaired) electrons. The highest BCUT2D eigenvalue weighted by molar-refractivity contribution is 5.24. The van der Waals surface area contributed by atoms with E-state index < -0.39 is 0 Å². The molecule has 0 aliphatic rings. The van der Waals surface area contributed by atoms with E-state index in [-0.39, 0.29) is 0 Å². The maximum Gasteiger partial charge on any atom is -0.0222 e. The lowest BCUT2D eigenvalue weighted by Gasteiger charge is -2.04. The molecule has 65 valence electrons. The molecule has 0 atom stereocenters. The Morgan fingerprint density at radius 1 is 1.00 bits per heavy atom. The van der Waals surface area contributed by atoms with Crippen molar-refractivity contribution >= 4 is 0 Å². The summed E-state index contributed by atoms with van der Waals surface area (Å²) < 4.78 is 0. The van der Waals surface area contributed by atoms with Crippen molar-refractivity contribution in [1.82, 2.24) is 0 Å². The molecule has 0 bridgehead atoms. The van der Waals surface area contributed by atoms with Crippen molar-refractivity contribution in [3.63, 3.8) is 0 Å². The van der Waals surface area contributed by atoms with Crippen LogP contribution in [0.15, 0.2) is 24.3 Å². The fraction of sp³-hybridized carbons (Fsp3) is 0.417. The summed E-state index contributed by atoms with van der Waals surface area (Å²) in [5.41, 5.74) is 2.85. The van der Waals surface area contributed by atoms with Gasteiger partial charge in [-0.25, -0.2) is 0 Å². The summed E-state index contributed by atoms with van der Waals surface area (Å²) in [6, 6.07) is 8.90. The molecule has 1 aromatic carbocycles. The first kappa shape index (κ1) is 9.31. The van der Waals surface area contributed by atoms with Gasteiger partial charge in [0, 0.05) is 0 Å². The molecule has 1 rings (SSSR count). The molecule has 0 nitrogen and oxygen atoms in total. The molecule has 1 aromatic rings. The van der Waals surface area contributed by atoms with Crippen LogP contribution in [-0.2, 0) is 12.8 Å². The minimum atomic E-state index is 1.12. The van der Waals surface area contributed by atoms with E-state index in [0.29, 0.717) is 0 Å². The van der Waals surface area contributed by atoms with Crippen LogP contribution >= 0.6 is 0 Å². The third-order valence-corrected chi connectivity index (χ3v) is 1.99. The van der Waals surface area contributed by atoms with Gasteiger partial charge in [0.25, 0.3) is 0 Å². The summed E-state index contributed by atoms with van der Waals surface area (Å²) in [6.45, 7) is 6.54. The first-order valence-corrected chi connectivity index (χ1v) is 4.59.